The zero-order valence-corrected chi connectivity index (χ0v) is 24.9. The van der Waals surface area contributed by atoms with Crippen molar-refractivity contribution in [1.29, 1.82) is 0 Å². The van der Waals surface area contributed by atoms with E-state index in [1.54, 1.807) is 0 Å². The Kier molecular flexibility index (Phi) is 11.9. The van der Waals surface area contributed by atoms with Gasteiger partial charge in [0, 0.05) is 57.6 Å². The van der Waals surface area contributed by atoms with Gasteiger partial charge in [-0.3, -0.25) is 4.90 Å². The maximum atomic E-state index is 11.5. The van der Waals surface area contributed by atoms with Crippen LogP contribution in [0.15, 0.2) is 6.07 Å². The minimum atomic E-state index is -2.94. The first-order valence-electron chi connectivity index (χ1n) is 15.3. The van der Waals surface area contributed by atoms with Gasteiger partial charge in [-0.25, -0.2) is 8.42 Å². The zero-order chi connectivity index (χ0) is 27.5. The molecule has 1 saturated heterocycles. The topological polar surface area (TPSA) is 129 Å². The van der Waals surface area contributed by atoms with E-state index in [2.05, 4.69) is 30.7 Å². The number of hydrogen-bond donors (Lipinski definition) is 4. The van der Waals surface area contributed by atoms with Gasteiger partial charge < -0.3 is 26.6 Å². The molecule has 2 heterocycles. The van der Waals surface area contributed by atoms with E-state index >= 15 is 0 Å². The highest BCUT2D eigenvalue weighted by atomic mass is 32.2. The molecule has 5 N–H and O–H groups in total. The van der Waals surface area contributed by atoms with Crippen molar-refractivity contribution in [3.63, 3.8) is 0 Å². The molecule has 0 bridgehead atoms. The van der Waals surface area contributed by atoms with Gasteiger partial charge in [0.15, 0.2) is 0 Å². The lowest BCUT2D eigenvalue weighted by Gasteiger charge is -2.35. The lowest BCUT2D eigenvalue weighted by Crippen LogP contribution is -2.48. The predicted octanol–water partition coefficient (Wildman–Crippen LogP) is 2.35. The van der Waals surface area contributed by atoms with Gasteiger partial charge >= 0.3 is 0 Å². The summed E-state index contributed by atoms with van der Waals surface area (Å²) < 4.78 is 22.9. The maximum Gasteiger partial charge on any atom is 0.226 e. The van der Waals surface area contributed by atoms with Crippen LogP contribution in [0.25, 0.3) is 0 Å². The summed E-state index contributed by atoms with van der Waals surface area (Å²) in [6.45, 7) is 8.11. The molecule has 3 aliphatic rings. The van der Waals surface area contributed by atoms with Crippen molar-refractivity contribution >= 4 is 27.4 Å². The normalized spacial score (nSPS) is 23.7. The Morgan fingerprint density at radius 3 is 2.31 bits per heavy atom. The Labute approximate surface area is 236 Å². The summed E-state index contributed by atoms with van der Waals surface area (Å²) in [6, 6.07) is 2.60. The number of anilines is 3. The third-order valence-electron chi connectivity index (χ3n) is 8.72. The highest BCUT2D eigenvalue weighted by Gasteiger charge is 2.23. The fourth-order valence-corrected chi connectivity index (χ4v) is 6.79. The number of nitrogens with one attached hydrogen (secondary N) is 3. The van der Waals surface area contributed by atoms with E-state index in [0.717, 1.165) is 70.1 Å². The number of sulfone groups is 1. The smallest absolute Gasteiger partial charge is 0.226 e. The van der Waals surface area contributed by atoms with Gasteiger partial charge in [-0.2, -0.15) is 9.97 Å². The molecule has 2 saturated carbocycles. The first-order valence-corrected chi connectivity index (χ1v) is 17.4. The Balaban J connectivity index is 1.09. The minimum absolute atomic E-state index is 0.206. The molecule has 0 aromatic carbocycles. The average molecular weight is 565 g/mol. The zero-order valence-electron chi connectivity index (χ0n) is 24.0. The van der Waals surface area contributed by atoms with Crippen molar-refractivity contribution in [2.45, 2.75) is 70.3 Å². The van der Waals surface area contributed by atoms with E-state index < -0.39 is 9.84 Å². The Morgan fingerprint density at radius 1 is 0.923 bits per heavy atom. The van der Waals surface area contributed by atoms with E-state index in [-0.39, 0.29) is 5.75 Å². The van der Waals surface area contributed by atoms with Crippen molar-refractivity contribution in [2.24, 2.45) is 11.8 Å². The molecule has 222 valence electrons. The third-order valence-corrected chi connectivity index (χ3v) is 9.65. The largest absolute Gasteiger partial charge is 0.383 e. The van der Waals surface area contributed by atoms with E-state index in [1.165, 1.54) is 70.5 Å². The lowest BCUT2D eigenvalue weighted by molar-refractivity contribution is 0.271. The molecular formula is C28H52N8O2S. The quantitative estimate of drug-likeness (QED) is 0.250. The number of nitrogens with zero attached hydrogens (tertiary/aromatic N) is 4. The summed E-state index contributed by atoms with van der Waals surface area (Å²) in [5.74, 6) is 3.57. The van der Waals surface area contributed by atoms with E-state index in [4.69, 9.17) is 10.7 Å². The standard InChI is InChI=1S/C28H52N8O2S/c1-39(37,38)19-18-35-14-16-36(17-15-35)27-20-26(29)33-28(34-27)32-22-24-10-8-23(9-11-24)21-30-12-5-13-31-25-6-3-2-4-7-25/h20,23-25,30-31H,2-19,21-22H2,1H3,(H3,29,32,33,34). The summed E-state index contributed by atoms with van der Waals surface area (Å²) in [5, 5.41) is 10.9. The molecule has 0 radical (unpaired) electrons. The average Bonchev–Trinajstić information content (AvgIpc) is 2.93. The van der Waals surface area contributed by atoms with Crippen LogP contribution in [0.2, 0.25) is 0 Å². The van der Waals surface area contributed by atoms with Gasteiger partial charge in [0.25, 0.3) is 0 Å². The molecule has 1 aliphatic heterocycles. The molecule has 10 nitrogen and oxygen atoms in total. The lowest BCUT2D eigenvalue weighted by atomic mass is 9.82. The summed E-state index contributed by atoms with van der Waals surface area (Å²) >= 11 is 0. The second kappa shape index (κ2) is 15.3. The SMILES string of the molecule is CS(=O)(=O)CCN1CCN(c2cc(N)nc(NCC3CCC(CNCCCNC4CCCCC4)CC3)n2)CC1. The number of aromatic nitrogens is 2. The van der Waals surface area contributed by atoms with Crippen LogP contribution >= 0.6 is 0 Å². The van der Waals surface area contributed by atoms with Gasteiger partial charge in [0.05, 0.1) is 5.75 Å². The van der Waals surface area contributed by atoms with Crippen molar-refractivity contribution in [3.05, 3.63) is 6.07 Å². The van der Waals surface area contributed by atoms with Crippen LogP contribution < -0.4 is 26.6 Å². The number of nitrogens with two attached hydrogens (primary N) is 1. The number of rotatable bonds is 14. The minimum Gasteiger partial charge on any atom is -0.383 e. The summed E-state index contributed by atoms with van der Waals surface area (Å²) in [6.07, 6.45) is 14.5. The Bertz CT molecular complexity index is 956. The second-order valence-corrected chi connectivity index (χ2v) is 14.3. The number of hydrogen-bond acceptors (Lipinski definition) is 10. The van der Waals surface area contributed by atoms with Crippen LogP contribution in [0.4, 0.5) is 17.6 Å². The second-order valence-electron chi connectivity index (χ2n) is 12.0. The van der Waals surface area contributed by atoms with Crippen molar-refractivity contribution < 1.29 is 8.42 Å². The van der Waals surface area contributed by atoms with Gasteiger partial charge in [-0.15, -0.1) is 0 Å². The first kappa shape index (κ1) is 30.3. The first-order chi connectivity index (χ1) is 18.8. The molecule has 39 heavy (non-hydrogen) atoms. The van der Waals surface area contributed by atoms with Crippen LogP contribution in [0.1, 0.15) is 64.2 Å². The van der Waals surface area contributed by atoms with Crippen LogP contribution in [-0.2, 0) is 9.84 Å². The molecule has 1 aromatic rings. The molecule has 2 aliphatic carbocycles. The predicted molar refractivity (Wildman–Crippen MR) is 161 cm³/mol. The molecule has 1 aromatic heterocycles. The number of piperazine rings is 1. The Morgan fingerprint density at radius 2 is 1.62 bits per heavy atom. The summed E-state index contributed by atoms with van der Waals surface area (Å²) in [7, 11) is -2.94. The van der Waals surface area contributed by atoms with Crippen LogP contribution in [0.5, 0.6) is 0 Å². The fourth-order valence-electron chi connectivity index (χ4n) is 6.20. The maximum absolute atomic E-state index is 11.5. The highest BCUT2D eigenvalue weighted by molar-refractivity contribution is 7.90. The van der Waals surface area contributed by atoms with Crippen molar-refractivity contribution in [1.82, 2.24) is 25.5 Å². The summed E-state index contributed by atoms with van der Waals surface area (Å²) in [4.78, 5) is 13.6. The molecule has 11 heteroatoms. The molecule has 0 atom stereocenters. The molecule has 0 amide bonds. The van der Waals surface area contributed by atoms with Crippen LogP contribution in [-0.4, -0.2) is 100 Å². The van der Waals surface area contributed by atoms with Crippen molar-refractivity contribution in [2.75, 3.05) is 86.9 Å². The highest BCUT2D eigenvalue weighted by Crippen LogP contribution is 2.29. The Hall–Kier alpha value is -1.69. The van der Waals surface area contributed by atoms with Gasteiger partial charge in [0.1, 0.15) is 21.5 Å². The molecule has 3 fully saturated rings. The number of nitrogen functional groups attached to an aromatic ring is 1. The molecular weight excluding hydrogens is 512 g/mol. The van der Waals surface area contributed by atoms with Gasteiger partial charge in [-0.05, 0) is 76.4 Å². The van der Waals surface area contributed by atoms with E-state index in [0.29, 0.717) is 24.2 Å². The monoisotopic (exact) mass is 564 g/mol. The van der Waals surface area contributed by atoms with E-state index in [1.807, 2.05) is 6.07 Å². The molecule has 0 spiro atoms. The fraction of sp³-hybridized carbons (Fsp3) is 0.857. The summed E-state index contributed by atoms with van der Waals surface area (Å²) in [5.41, 5.74) is 6.12. The molecule has 4 rings (SSSR count). The molecule has 0 unspecified atom stereocenters. The van der Waals surface area contributed by atoms with Gasteiger partial charge in [-0.1, -0.05) is 19.3 Å². The van der Waals surface area contributed by atoms with Crippen LogP contribution in [0, 0.1) is 11.8 Å². The third kappa shape index (κ3) is 11.0. The van der Waals surface area contributed by atoms with Gasteiger partial charge in [0.2, 0.25) is 5.95 Å². The van der Waals surface area contributed by atoms with Crippen molar-refractivity contribution in [3.8, 4) is 0 Å². The van der Waals surface area contributed by atoms with Crippen LogP contribution in [0.3, 0.4) is 0 Å². The van der Waals surface area contributed by atoms with E-state index in [9.17, 15) is 8.42 Å².